The van der Waals surface area contributed by atoms with Crippen molar-refractivity contribution in [3.05, 3.63) is 34.3 Å². The summed E-state index contributed by atoms with van der Waals surface area (Å²) >= 11 is 3.24. The lowest BCUT2D eigenvalue weighted by atomic mass is 10.2. The van der Waals surface area contributed by atoms with Crippen LogP contribution in [0.3, 0.4) is 0 Å². The molecule has 6 N–H and O–H groups in total. The number of esters is 1. The predicted molar refractivity (Wildman–Crippen MR) is 84.2 cm³/mol. The molecule has 1 atom stereocenters. The number of carbonyl (C=O) groups is 1. The van der Waals surface area contributed by atoms with E-state index in [1.54, 1.807) is 31.2 Å². The molecule has 0 saturated heterocycles. The van der Waals surface area contributed by atoms with Gasteiger partial charge in [0.15, 0.2) is 0 Å². The van der Waals surface area contributed by atoms with Crippen LogP contribution in [-0.2, 0) is 25.4 Å². The van der Waals surface area contributed by atoms with Gasteiger partial charge in [0.25, 0.3) is 0 Å². The van der Waals surface area contributed by atoms with E-state index >= 15 is 0 Å². The first-order valence-corrected chi connectivity index (χ1v) is 8.65. The maximum atomic E-state index is 11.4. The first-order chi connectivity index (χ1) is 10.2. The summed E-state index contributed by atoms with van der Waals surface area (Å²) in [7, 11) is -5.10. The second-order valence-electron chi connectivity index (χ2n) is 4.23. The number of hydrogen-bond acceptors (Lipinski definition) is 6. The third-order valence-electron chi connectivity index (χ3n) is 2.52. The van der Waals surface area contributed by atoms with Gasteiger partial charge >= 0.3 is 19.2 Å². The van der Waals surface area contributed by atoms with E-state index in [1.165, 1.54) is 0 Å². The Balaban J connectivity index is 0.00000484. The minimum atomic E-state index is -5.10. The monoisotopic (exact) mass is 415 g/mol. The molecule has 1 aromatic rings. The van der Waals surface area contributed by atoms with E-state index in [4.69, 9.17) is 4.74 Å². The smallest absolute Gasteiger partial charge is 0.401 e. The van der Waals surface area contributed by atoms with E-state index in [2.05, 4.69) is 20.7 Å². The van der Waals surface area contributed by atoms with E-state index < -0.39 is 25.8 Å². The molecule has 0 aliphatic rings. The molecule has 0 heterocycles. The van der Waals surface area contributed by atoms with Crippen LogP contribution >= 0.6 is 23.5 Å². The molecule has 23 heavy (non-hydrogen) atoms. The molecule has 0 aromatic heterocycles. The Labute approximate surface area is 141 Å². The number of rotatable bonds is 8. The molecule has 0 radical (unpaired) electrons. The van der Waals surface area contributed by atoms with E-state index in [-0.39, 0.29) is 18.7 Å². The van der Waals surface area contributed by atoms with Crippen molar-refractivity contribution < 1.29 is 39.2 Å². The van der Waals surface area contributed by atoms with Crippen LogP contribution in [0.4, 0.5) is 0 Å². The zero-order valence-electron chi connectivity index (χ0n) is 12.2. The van der Waals surface area contributed by atoms with Gasteiger partial charge in [0, 0.05) is 4.47 Å². The summed E-state index contributed by atoms with van der Waals surface area (Å²) in [6, 6.07) is 6.72. The maximum Gasteiger partial charge on any atom is 0.401 e. The van der Waals surface area contributed by atoms with Gasteiger partial charge in [0.05, 0.1) is 19.8 Å². The number of ether oxygens (including phenoxy) is 2. The number of aliphatic hydroxyl groups is 1. The molecule has 0 saturated carbocycles. The number of nitrogens with one attached hydrogen (secondary N) is 1. The summed E-state index contributed by atoms with van der Waals surface area (Å²) in [5.41, 5.74) is -2.40. The Morgan fingerprint density at radius 1 is 1.35 bits per heavy atom. The highest BCUT2D eigenvalue weighted by atomic mass is 79.9. The molecule has 9 nitrogen and oxygen atoms in total. The van der Waals surface area contributed by atoms with Gasteiger partial charge < -0.3 is 29.8 Å². The summed E-state index contributed by atoms with van der Waals surface area (Å²) in [5, 5.41) is 12.0. The Bertz CT molecular complexity index is 548. The molecule has 0 amide bonds. The minimum absolute atomic E-state index is 0. The SMILES string of the molecule is CCOC(=O)CNC(O)(OCc1ccc(Br)cc1)P(=O)(O)O.O. The molecule has 0 fully saturated rings. The van der Waals surface area contributed by atoms with Crippen LogP contribution in [0.15, 0.2) is 28.7 Å². The topological polar surface area (TPSA) is 157 Å². The van der Waals surface area contributed by atoms with Gasteiger partial charge in [0.1, 0.15) is 0 Å². The summed E-state index contributed by atoms with van der Waals surface area (Å²) < 4.78 is 21.7. The summed E-state index contributed by atoms with van der Waals surface area (Å²) in [6.07, 6.45) is 0. The van der Waals surface area contributed by atoms with Gasteiger partial charge in [-0.2, -0.15) is 0 Å². The predicted octanol–water partition coefficient (Wildman–Crippen LogP) is 0.0750. The molecule has 0 aliphatic carbocycles. The van der Waals surface area contributed by atoms with E-state index in [9.17, 15) is 24.3 Å². The Kier molecular flexibility index (Phi) is 9.11. The fourth-order valence-electron chi connectivity index (χ4n) is 1.40. The summed E-state index contributed by atoms with van der Waals surface area (Å²) in [5.74, 6) is -0.776. The van der Waals surface area contributed by atoms with Crippen LogP contribution < -0.4 is 5.32 Å². The Morgan fingerprint density at radius 2 is 1.91 bits per heavy atom. The first kappa shape index (κ1) is 22.2. The zero-order chi connectivity index (χ0) is 16.8. The third kappa shape index (κ3) is 7.06. The van der Waals surface area contributed by atoms with Crippen molar-refractivity contribution in [2.24, 2.45) is 0 Å². The number of benzene rings is 1. The lowest BCUT2D eigenvalue weighted by molar-refractivity contribution is -0.184. The molecule has 11 heteroatoms. The van der Waals surface area contributed by atoms with Crippen molar-refractivity contribution in [2.45, 2.75) is 19.2 Å². The lowest BCUT2D eigenvalue weighted by Crippen LogP contribution is -2.49. The van der Waals surface area contributed by atoms with Gasteiger partial charge in [-0.25, -0.2) is 5.32 Å². The fourth-order valence-corrected chi connectivity index (χ4v) is 2.18. The van der Waals surface area contributed by atoms with Gasteiger partial charge in [-0.1, -0.05) is 28.1 Å². The third-order valence-corrected chi connectivity index (χ3v) is 4.12. The van der Waals surface area contributed by atoms with Gasteiger partial charge in [-0.05, 0) is 24.6 Å². The minimum Gasteiger partial charge on any atom is -0.465 e. The molecule has 0 aliphatic heterocycles. The average molecular weight is 416 g/mol. The standard InChI is InChI=1S/C12H17BrNO7P.H2O/c1-2-20-11(15)7-14-12(16,22(17,18)19)21-8-9-3-5-10(13)6-4-9;/h3-6,14,16H,2,7-8H2,1H3,(H2,17,18,19);1H2. The van der Waals surface area contributed by atoms with Crippen molar-refractivity contribution in [2.75, 3.05) is 13.2 Å². The first-order valence-electron chi connectivity index (χ1n) is 6.25. The van der Waals surface area contributed by atoms with Crippen molar-refractivity contribution >= 4 is 29.5 Å². The molecule has 0 spiro atoms. The van der Waals surface area contributed by atoms with Gasteiger partial charge in [0.2, 0.25) is 0 Å². The fraction of sp³-hybridized carbons (Fsp3) is 0.417. The molecule has 132 valence electrons. The Morgan fingerprint density at radius 3 is 2.39 bits per heavy atom. The highest BCUT2D eigenvalue weighted by molar-refractivity contribution is 9.10. The van der Waals surface area contributed by atoms with Crippen LogP contribution in [0, 0.1) is 0 Å². The van der Waals surface area contributed by atoms with Gasteiger partial charge in [-0.15, -0.1) is 0 Å². The van der Waals surface area contributed by atoms with Crippen molar-refractivity contribution in [3.63, 3.8) is 0 Å². The molecule has 1 unspecified atom stereocenters. The maximum absolute atomic E-state index is 11.4. The van der Waals surface area contributed by atoms with Crippen LogP contribution in [0.1, 0.15) is 12.5 Å². The van der Waals surface area contributed by atoms with Crippen molar-refractivity contribution in [1.29, 1.82) is 0 Å². The summed E-state index contributed by atoms with van der Waals surface area (Å²) in [6.45, 7) is 0.798. The Hall–Kier alpha value is -0.840. The second kappa shape index (κ2) is 9.45. The van der Waals surface area contributed by atoms with E-state index in [0.29, 0.717) is 5.56 Å². The van der Waals surface area contributed by atoms with E-state index in [1.807, 2.05) is 5.32 Å². The molecular weight excluding hydrogens is 397 g/mol. The molecular formula is C12H19BrNO8P. The summed E-state index contributed by atoms with van der Waals surface area (Å²) in [4.78, 5) is 29.7. The zero-order valence-corrected chi connectivity index (χ0v) is 14.7. The second-order valence-corrected chi connectivity index (χ2v) is 6.84. The number of hydrogen-bond donors (Lipinski definition) is 4. The number of halogens is 1. The van der Waals surface area contributed by atoms with E-state index in [0.717, 1.165) is 4.47 Å². The molecule has 0 bridgehead atoms. The van der Waals surface area contributed by atoms with Crippen molar-refractivity contribution in [3.8, 4) is 0 Å². The molecule has 1 aromatic carbocycles. The van der Waals surface area contributed by atoms with Crippen LogP contribution in [0.25, 0.3) is 0 Å². The normalized spacial score (nSPS) is 13.8. The molecule has 1 rings (SSSR count). The van der Waals surface area contributed by atoms with Gasteiger partial charge in [-0.3, -0.25) is 9.36 Å². The largest absolute Gasteiger partial charge is 0.465 e. The van der Waals surface area contributed by atoms with Crippen LogP contribution in [0.5, 0.6) is 0 Å². The van der Waals surface area contributed by atoms with Crippen molar-refractivity contribution in [1.82, 2.24) is 5.32 Å². The van der Waals surface area contributed by atoms with Crippen LogP contribution in [0.2, 0.25) is 0 Å². The number of carbonyl (C=O) groups excluding carboxylic acids is 1. The highest BCUT2D eigenvalue weighted by Crippen LogP contribution is 2.48. The average Bonchev–Trinajstić information content (AvgIpc) is 2.44. The van der Waals surface area contributed by atoms with Crippen LogP contribution in [-0.4, -0.2) is 45.1 Å². The highest BCUT2D eigenvalue weighted by Gasteiger charge is 2.47. The quantitative estimate of drug-likeness (QED) is 0.264. The lowest BCUT2D eigenvalue weighted by Gasteiger charge is -2.29.